The fourth-order valence-electron chi connectivity index (χ4n) is 1.67. The Bertz CT molecular complexity index is 423. The van der Waals surface area contributed by atoms with E-state index in [2.05, 4.69) is 16.0 Å². The first kappa shape index (κ1) is 16.0. The van der Waals surface area contributed by atoms with Crippen molar-refractivity contribution in [3.8, 4) is 0 Å². The van der Waals surface area contributed by atoms with Crippen LogP contribution in [-0.2, 0) is 4.79 Å². The Hall–Kier alpha value is -2.08. The summed E-state index contributed by atoms with van der Waals surface area (Å²) in [5, 5.41) is 16.7. The van der Waals surface area contributed by atoms with E-state index in [-0.39, 0.29) is 25.1 Å². The molecular weight excluding hydrogens is 258 g/mol. The number of carbonyl (C=O) groups excluding carboxylic acids is 2. The van der Waals surface area contributed by atoms with E-state index in [1.165, 1.54) is 0 Å². The molecule has 110 valence electrons. The van der Waals surface area contributed by atoms with Crippen molar-refractivity contribution in [2.45, 2.75) is 25.8 Å². The molecule has 1 rings (SSSR count). The lowest BCUT2D eigenvalue weighted by molar-refractivity contribution is -0.120. The normalized spacial score (nSPS) is 11.5. The van der Waals surface area contributed by atoms with E-state index < -0.39 is 6.03 Å². The Morgan fingerprint density at radius 3 is 2.55 bits per heavy atom. The van der Waals surface area contributed by atoms with Crippen molar-refractivity contribution in [3.05, 3.63) is 30.3 Å². The van der Waals surface area contributed by atoms with Crippen LogP contribution in [0.4, 0.5) is 10.5 Å². The molecule has 20 heavy (non-hydrogen) atoms. The van der Waals surface area contributed by atoms with Gasteiger partial charge in [0.05, 0.1) is 6.54 Å². The summed E-state index contributed by atoms with van der Waals surface area (Å²) in [5.74, 6) is -0.270. The van der Waals surface area contributed by atoms with Crippen molar-refractivity contribution in [2.24, 2.45) is 0 Å². The number of rotatable bonds is 7. The lowest BCUT2D eigenvalue weighted by Gasteiger charge is -2.16. The average molecular weight is 279 g/mol. The molecule has 0 radical (unpaired) electrons. The van der Waals surface area contributed by atoms with Gasteiger partial charge >= 0.3 is 6.03 Å². The lowest BCUT2D eigenvalue weighted by Crippen LogP contribution is -2.43. The van der Waals surface area contributed by atoms with Gasteiger partial charge in [0.1, 0.15) is 0 Å². The van der Waals surface area contributed by atoms with E-state index in [0.717, 1.165) is 6.42 Å². The third kappa shape index (κ3) is 6.19. The fraction of sp³-hybridized carbons (Fsp3) is 0.429. The van der Waals surface area contributed by atoms with Crippen LogP contribution in [-0.4, -0.2) is 36.2 Å². The number of anilines is 1. The van der Waals surface area contributed by atoms with Crippen LogP contribution < -0.4 is 16.0 Å². The average Bonchev–Trinajstić information content (AvgIpc) is 2.45. The van der Waals surface area contributed by atoms with Crippen molar-refractivity contribution in [1.29, 1.82) is 0 Å². The Morgan fingerprint density at radius 2 is 1.95 bits per heavy atom. The zero-order valence-corrected chi connectivity index (χ0v) is 11.6. The maximum absolute atomic E-state index is 11.6. The Labute approximate surface area is 118 Å². The van der Waals surface area contributed by atoms with Gasteiger partial charge in [0.15, 0.2) is 0 Å². The molecule has 0 fully saturated rings. The number of urea groups is 1. The minimum absolute atomic E-state index is 0.0285. The van der Waals surface area contributed by atoms with Crippen LogP contribution in [0.3, 0.4) is 0 Å². The second kappa shape index (κ2) is 8.92. The van der Waals surface area contributed by atoms with Crippen LogP contribution in [0.15, 0.2) is 30.3 Å². The topological polar surface area (TPSA) is 90.5 Å². The molecule has 6 nitrogen and oxygen atoms in total. The molecule has 4 N–H and O–H groups in total. The van der Waals surface area contributed by atoms with Gasteiger partial charge in [0.25, 0.3) is 0 Å². The summed E-state index contributed by atoms with van der Waals surface area (Å²) in [6.45, 7) is 1.86. The minimum Gasteiger partial charge on any atom is -0.396 e. The second-order valence-corrected chi connectivity index (χ2v) is 4.36. The largest absolute Gasteiger partial charge is 0.396 e. The molecule has 0 aliphatic rings. The van der Waals surface area contributed by atoms with Crippen molar-refractivity contribution >= 4 is 17.6 Å². The van der Waals surface area contributed by atoms with Gasteiger partial charge in [-0.3, -0.25) is 4.79 Å². The zero-order chi connectivity index (χ0) is 14.8. The van der Waals surface area contributed by atoms with Crippen LogP contribution in [0.2, 0.25) is 0 Å². The molecule has 1 unspecified atom stereocenters. The van der Waals surface area contributed by atoms with Crippen molar-refractivity contribution in [2.75, 3.05) is 18.5 Å². The molecule has 0 spiro atoms. The second-order valence-electron chi connectivity index (χ2n) is 4.36. The van der Waals surface area contributed by atoms with Crippen LogP contribution in [0.1, 0.15) is 19.8 Å². The first-order chi connectivity index (χ1) is 9.65. The van der Waals surface area contributed by atoms with E-state index >= 15 is 0 Å². The molecule has 6 heteroatoms. The molecule has 0 saturated carbocycles. The van der Waals surface area contributed by atoms with Crippen LogP contribution in [0.5, 0.6) is 0 Å². The van der Waals surface area contributed by atoms with Gasteiger partial charge in [-0.25, -0.2) is 4.79 Å². The third-order valence-corrected chi connectivity index (χ3v) is 2.78. The molecule has 0 aliphatic carbocycles. The highest BCUT2D eigenvalue weighted by atomic mass is 16.3. The standard InChI is InChI=1S/C14H21N3O3/c1-2-11(8-9-18)16-13(19)10-15-14(20)17-12-6-4-3-5-7-12/h3-7,11,18H,2,8-10H2,1H3,(H,16,19)(H2,15,17,20). The predicted molar refractivity (Wildman–Crippen MR) is 77.4 cm³/mol. The number of amides is 3. The summed E-state index contributed by atoms with van der Waals surface area (Å²) < 4.78 is 0. The number of hydrogen-bond donors (Lipinski definition) is 4. The highest BCUT2D eigenvalue weighted by molar-refractivity contribution is 5.92. The van der Waals surface area contributed by atoms with Crippen molar-refractivity contribution in [1.82, 2.24) is 10.6 Å². The Morgan fingerprint density at radius 1 is 1.25 bits per heavy atom. The molecular formula is C14H21N3O3. The maximum Gasteiger partial charge on any atom is 0.319 e. The van der Waals surface area contributed by atoms with E-state index in [1.54, 1.807) is 12.1 Å². The summed E-state index contributed by atoms with van der Waals surface area (Å²) in [6, 6.07) is 8.49. The molecule has 1 aromatic carbocycles. The summed E-state index contributed by atoms with van der Waals surface area (Å²) >= 11 is 0. The van der Waals surface area contributed by atoms with Crippen molar-refractivity contribution in [3.63, 3.8) is 0 Å². The molecule has 1 atom stereocenters. The number of carbonyl (C=O) groups is 2. The number of hydrogen-bond acceptors (Lipinski definition) is 3. The van der Waals surface area contributed by atoms with Gasteiger partial charge in [-0.05, 0) is 25.0 Å². The highest BCUT2D eigenvalue weighted by Crippen LogP contribution is 2.03. The number of benzene rings is 1. The molecule has 0 aliphatic heterocycles. The molecule has 0 heterocycles. The number of aliphatic hydroxyl groups is 1. The van der Waals surface area contributed by atoms with Crippen LogP contribution >= 0.6 is 0 Å². The SMILES string of the molecule is CCC(CCO)NC(=O)CNC(=O)Nc1ccccc1. The number of aliphatic hydroxyl groups excluding tert-OH is 1. The minimum atomic E-state index is -0.429. The van der Waals surface area contributed by atoms with Crippen LogP contribution in [0.25, 0.3) is 0 Å². The van der Waals surface area contributed by atoms with Gasteiger partial charge in [-0.1, -0.05) is 25.1 Å². The summed E-state index contributed by atoms with van der Waals surface area (Å²) in [7, 11) is 0. The van der Waals surface area contributed by atoms with Gasteiger partial charge in [0, 0.05) is 18.3 Å². The monoisotopic (exact) mass is 279 g/mol. The van der Waals surface area contributed by atoms with Gasteiger partial charge in [-0.15, -0.1) is 0 Å². The zero-order valence-electron chi connectivity index (χ0n) is 11.6. The quantitative estimate of drug-likeness (QED) is 0.602. The van der Waals surface area contributed by atoms with Crippen LogP contribution in [0, 0.1) is 0 Å². The van der Waals surface area contributed by atoms with Gasteiger partial charge in [0.2, 0.25) is 5.91 Å². The maximum atomic E-state index is 11.6. The summed E-state index contributed by atoms with van der Waals surface area (Å²) in [6.07, 6.45) is 1.25. The molecule has 1 aromatic rings. The van der Waals surface area contributed by atoms with Gasteiger partial charge < -0.3 is 21.1 Å². The third-order valence-electron chi connectivity index (χ3n) is 2.78. The lowest BCUT2D eigenvalue weighted by atomic mass is 10.1. The highest BCUT2D eigenvalue weighted by Gasteiger charge is 2.10. The Balaban J connectivity index is 2.28. The predicted octanol–water partition coefficient (Wildman–Crippen LogP) is 1.09. The van der Waals surface area contributed by atoms with E-state index in [4.69, 9.17) is 5.11 Å². The fourth-order valence-corrected chi connectivity index (χ4v) is 1.67. The summed E-state index contributed by atoms with van der Waals surface area (Å²) in [5.41, 5.74) is 0.664. The Kier molecular flexibility index (Phi) is 7.13. The molecule has 3 amide bonds. The van der Waals surface area contributed by atoms with Gasteiger partial charge in [-0.2, -0.15) is 0 Å². The molecule has 0 aromatic heterocycles. The molecule has 0 bridgehead atoms. The van der Waals surface area contributed by atoms with E-state index in [1.807, 2.05) is 25.1 Å². The first-order valence-corrected chi connectivity index (χ1v) is 6.65. The summed E-state index contributed by atoms with van der Waals surface area (Å²) in [4.78, 5) is 23.2. The number of nitrogens with one attached hydrogen (secondary N) is 3. The van der Waals surface area contributed by atoms with E-state index in [9.17, 15) is 9.59 Å². The first-order valence-electron chi connectivity index (χ1n) is 6.65. The van der Waals surface area contributed by atoms with E-state index in [0.29, 0.717) is 12.1 Å². The molecule has 0 saturated heterocycles. The van der Waals surface area contributed by atoms with Crippen molar-refractivity contribution < 1.29 is 14.7 Å². The number of para-hydroxylation sites is 1. The smallest absolute Gasteiger partial charge is 0.319 e.